The van der Waals surface area contributed by atoms with Crippen LogP contribution in [0.3, 0.4) is 0 Å². The first-order valence-electron chi connectivity index (χ1n) is 8.35. The Labute approximate surface area is 147 Å². The second kappa shape index (κ2) is 7.53. The van der Waals surface area contributed by atoms with Gasteiger partial charge in [-0.25, -0.2) is 15.0 Å². The zero-order valence-corrected chi connectivity index (χ0v) is 15.1. The molecule has 0 aliphatic carbocycles. The molecule has 1 unspecified atom stereocenters. The van der Waals surface area contributed by atoms with Crippen LogP contribution in [0.15, 0.2) is 42.7 Å². The van der Waals surface area contributed by atoms with E-state index in [2.05, 4.69) is 60.3 Å². The maximum atomic E-state index is 4.85. The minimum Gasteiger partial charge on any atom is -0.324 e. The van der Waals surface area contributed by atoms with Crippen LogP contribution in [0.2, 0.25) is 0 Å². The average molecular weight is 338 g/mol. The molecule has 0 bridgehead atoms. The molecule has 1 aromatic carbocycles. The van der Waals surface area contributed by atoms with Crippen LogP contribution >= 0.6 is 11.3 Å². The third-order valence-corrected chi connectivity index (χ3v) is 5.31. The van der Waals surface area contributed by atoms with Crippen molar-refractivity contribution in [2.75, 3.05) is 5.32 Å². The summed E-state index contributed by atoms with van der Waals surface area (Å²) in [5.41, 5.74) is 3.43. The summed E-state index contributed by atoms with van der Waals surface area (Å²) >= 11 is 1.81. The third-order valence-electron chi connectivity index (χ3n) is 4.05. The smallest absolute Gasteiger partial charge is 0.227 e. The second-order valence-corrected chi connectivity index (χ2v) is 6.84. The Balaban J connectivity index is 1.87. The van der Waals surface area contributed by atoms with E-state index in [1.165, 1.54) is 21.1 Å². The highest BCUT2D eigenvalue weighted by Gasteiger charge is 2.16. The van der Waals surface area contributed by atoms with Crippen molar-refractivity contribution >= 4 is 23.0 Å². The largest absolute Gasteiger partial charge is 0.324 e. The number of rotatable bonds is 6. The molecule has 3 rings (SSSR count). The second-order valence-electron chi connectivity index (χ2n) is 5.76. The monoisotopic (exact) mass is 338 g/mol. The molecule has 2 heterocycles. The Morgan fingerprint density at radius 2 is 1.79 bits per heavy atom. The lowest BCUT2D eigenvalue weighted by Gasteiger charge is -2.09. The summed E-state index contributed by atoms with van der Waals surface area (Å²) in [4.78, 5) is 14.5. The Kier molecular flexibility index (Phi) is 5.20. The molecule has 0 amide bonds. The molecule has 0 aliphatic rings. The minimum atomic E-state index is 0.479. The molecular weight excluding hydrogens is 316 g/mol. The van der Waals surface area contributed by atoms with Gasteiger partial charge in [-0.05, 0) is 42.5 Å². The van der Waals surface area contributed by atoms with Gasteiger partial charge >= 0.3 is 0 Å². The first kappa shape index (κ1) is 16.6. The van der Waals surface area contributed by atoms with Crippen LogP contribution in [0, 0.1) is 0 Å². The highest BCUT2D eigenvalue weighted by Crippen LogP contribution is 2.36. The van der Waals surface area contributed by atoms with Crippen molar-refractivity contribution in [1.29, 1.82) is 0 Å². The fraction of sp³-hybridized carbons (Fsp3) is 0.316. The van der Waals surface area contributed by atoms with Crippen molar-refractivity contribution in [1.82, 2.24) is 15.0 Å². The fourth-order valence-corrected chi connectivity index (χ4v) is 3.59. The molecule has 24 heavy (non-hydrogen) atoms. The quantitative estimate of drug-likeness (QED) is 0.652. The Morgan fingerprint density at radius 1 is 1.08 bits per heavy atom. The maximum Gasteiger partial charge on any atom is 0.227 e. The lowest BCUT2D eigenvalue weighted by Crippen LogP contribution is -1.96. The number of hydrogen-bond acceptors (Lipinski definition) is 5. The van der Waals surface area contributed by atoms with Gasteiger partial charge in [0.1, 0.15) is 0 Å². The van der Waals surface area contributed by atoms with Gasteiger partial charge in [-0.1, -0.05) is 32.9 Å². The normalized spacial score (nSPS) is 12.1. The zero-order valence-electron chi connectivity index (χ0n) is 14.3. The number of thiazole rings is 1. The van der Waals surface area contributed by atoms with Crippen LogP contribution in [-0.4, -0.2) is 15.0 Å². The van der Waals surface area contributed by atoms with E-state index in [-0.39, 0.29) is 0 Å². The average Bonchev–Trinajstić information content (AvgIpc) is 3.07. The fourth-order valence-electron chi connectivity index (χ4n) is 2.46. The van der Waals surface area contributed by atoms with Crippen molar-refractivity contribution < 1.29 is 0 Å². The minimum absolute atomic E-state index is 0.479. The van der Waals surface area contributed by atoms with E-state index in [0.29, 0.717) is 11.9 Å². The highest BCUT2D eigenvalue weighted by molar-refractivity contribution is 7.15. The zero-order chi connectivity index (χ0) is 16.9. The van der Waals surface area contributed by atoms with Gasteiger partial charge in [0.05, 0.1) is 15.6 Å². The van der Waals surface area contributed by atoms with Gasteiger partial charge < -0.3 is 5.32 Å². The first-order chi connectivity index (χ1) is 11.7. The summed E-state index contributed by atoms with van der Waals surface area (Å²) in [5.74, 6) is 1.09. The first-order valence-corrected chi connectivity index (χ1v) is 9.17. The lowest BCUT2D eigenvalue weighted by atomic mass is 10.0. The molecule has 5 heteroatoms. The standard InChI is InChI=1S/C19H22N4S/c1-4-13(3)17-18(24-16(5-2)23-17)14-7-9-15(10-8-14)22-19-20-11-6-12-21-19/h6-13H,4-5H2,1-3H3,(H,20,21,22). The van der Waals surface area contributed by atoms with E-state index < -0.39 is 0 Å². The van der Waals surface area contributed by atoms with Crippen molar-refractivity contribution in [3.05, 3.63) is 53.4 Å². The van der Waals surface area contributed by atoms with Crippen molar-refractivity contribution in [2.45, 2.75) is 39.5 Å². The Bertz CT molecular complexity index is 781. The van der Waals surface area contributed by atoms with Gasteiger partial charge in [-0.3, -0.25) is 0 Å². The SMILES string of the molecule is CCc1nc(C(C)CC)c(-c2ccc(Nc3ncccn3)cc2)s1. The predicted octanol–water partition coefficient (Wildman–Crippen LogP) is 5.42. The molecule has 2 aromatic heterocycles. The number of anilines is 2. The highest BCUT2D eigenvalue weighted by atomic mass is 32.1. The third kappa shape index (κ3) is 3.62. The lowest BCUT2D eigenvalue weighted by molar-refractivity contribution is 0.711. The Hall–Kier alpha value is -2.27. The molecule has 0 aliphatic heterocycles. The van der Waals surface area contributed by atoms with Crippen LogP contribution in [0.25, 0.3) is 10.4 Å². The summed E-state index contributed by atoms with van der Waals surface area (Å²) in [6, 6.07) is 10.2. The molecule has 1 atom stereocenters. The van der Waals surface area contributed by atoms with E-state index in [1.807, 2.05) is 11.3 Å². The van der Waals surface area contributed by atoms with Crippen LogP contribution in [0.5, 0.6) is 0 Å². The van der Waals surface area contributed by atoms with Gasteiger partial charge in [0.25, 0.3) is 0 Å². The van der Waals surface area contributed by atoms with Crippen LogP contribution < -0.4 is 5.32 Å². The number of nitrogens with one attached hydrogen (secondary N) is 1. The maximum absolute atomic E-state index is 4.85. The summed E-state index contributed by atoms with van der Waals surface area (Å²) in [7, 11) is 0. The van der Waals surface area contributed by atoms with Crippen LogP contribution in [0.4, 0.5) is 11.6 Å². The molecule has 124 valence electrons. The number of aryl methyl sites for hydroxylation is 1. The molecule has 1 N–H and O–H groups in total. The molecular formula is C19H22N4S. The number of aromatic nitrogens is 3. The van der Waals surface area contributed by atoms with Gasteiger partial charge in [-0.15, -0.1) is 11.3 Å². The molecule has 4 nitrogen and oxygen atoms in total. The van der Waals surface area contributed by atoms with Crippen molar-refractivity contribution in [3.63, 3.8) is 0 Å². The van der Waals surface area contributed by atoms with E-state index in [4.69, 9.17) is 4.98 Å². The Morgan fingerprint density at radius 3 is 2.42 bits per heavy atom. The topological polar surface area (TPSA) is 50.7 Å². The van der Waals surface area contributed by atoms with Crippen LogP contribution in [0.1, 0.15) is 43.8 Å². The summed E-state index contributed by atoms with van der Waals surface area (Å²) < 4.78 is 0. The number of benzene rings is 1. The van der Waals surface area contributed by atoms with E-state index in [0.717, 1.165) is 18.5 Å². The number of nitrogens with zero attached hydrogens (tertiary/aromatic N) is 3. The molecule has 0 saturated heterocycles. The van der Waals surface area contributed by atoms with E-state index in [1.54, 1.807) is 18.5 Å². The van der Waals surface area contributed by atoms with Gasteiger partial charge in [0, 0.05) is 18.1 Å². The summed E-state index contributed by atoms with van der Waals surface area (Å²) in [5, 5.41) is 4.42. The molecule has 0 radical (unpaired) electrons. The van der Waals surface area contributed by atoms with Gasteiger partial charge in [0.15, 0.2) is 0 Å². The van der Waals surface area contributed by atoms with E-state index >= 15 is 0 Å². The van der Waals surface area contributed by atoms with E-state index in [9.17, 15) is 0 Å². The summed E-state index contributed by atoms with van der Waals surface area (Å²) in [6.45, 7) is 6.63. The molecule has 0 fully saturated rings. The molecule has 0 saturated carbocycles. The van der Waals surface area contributed by atoms with Gasteiger partial charge in [-0.2, -0.15) is 0 Å². The van der Waals surface area contributed by atoms with Crippen LogP contribution in [-0.2, 0) is 6.42 Å². The summed E-state index contributed by atoms with van der Waals surface area (Å²) in [6.07, 6.45) is 5.54. The number of hydrogen-bond donors (Lipinski definition) is 1. The predicted molar refractivity (Wildman–Crippen MR) is 101 cm³/mol. The van der Waals surface area contributed by atoms with Gasteiger partial charge in [0.2, 0.25) is 5.95 Å². The van der Waals surface area contributed by atoms with Crippen molar-refractivity contribution in [2.24, 2.45) is 0 Å². The van der Waals surface area contributed by atoms with Crippen molar-refractivity contribution in [3.8, 4) is 10.4 Å². The molecule has 0 spiro atoms. The molecule has 3 aromatic rings.